The maximum Gasteiger partial charge on any atom is 0.234 e. The highest BCUT2D eigenvalue weighted by Crippen LogP contribution is 2.32. The second kappa shape index (κ2) is 5.73. The first-order chi connectivity index (χ1) is 8.70. The van der Waals surface area contributed by atoms with Crippen molar-refractivity contribution in [2.75, 3.05) is 26.8 Å². The van der Waals surface area contributed by atoms with E-state index in [4.69, 9.17) is 9.47 Å². The number of likely N-dealkylation sites (N-methyl/N-ethyl adjacent to an activating group) is 1. The van der Waals surface area contributed by atoms with Gasteiger partial charge in [-0.05, 0) is 31.7 Å². The van der Waals surface area contributed by atoms with E-state index in [0.717, 1.165) is 17.1 Å². The normalized spacial score (nSPS) is 15.0. The molecule has 0 bridgehead atoms. The molecule has 2 rings (SSSR count). The number of carbonyl (C=O) groups is 1. The fraction of sp³-hybridized carbons (Fsp3) is 0.462. The van der Waals surface area contributed by atoms with Crippen molar-refractivity contribution in [3.05, 3.63) is 23.8 Å². The van der Waals surface area contributed by atoms with Crippen molar-refractivity contribution in [1.29, 1.82) is 0 Å². The second-order valence-electron chi connectivity index (χ2n) is 4.22. The van der Waals surface area contributed by atoms with E-state index in [1.54, 1.807) is 7.05 Å². The number of ether oxygens (including phenoxy) is 2. The van der Waals surface area contributed by atoms with Crippen LogP contribution in [0, 0.1) is 0 Å². The van der Waals surface area contributed by atoms with E-state index in [-0.39, 0.29) is 11.9 Å². The van der Waals surface area contributed by atoms with Gasteiger partial charge in [-0.25, -0.2) is 0 Å². The largest absolute Gasteiger partial charge is 0.486 e. The molecule has 98 valence electrons. The van der Waals surface area contributed by atoms with Crippen LogP contribution in [0.1, 0.15) is 18.5 Å². The van der Waals surface area contributed by atoms with Gasteiger partial charge in [-0.15, -0.1) is 0 Å². The van der Waals surface area contributed by atoms with Crippen LogP contribution < -0.4 is 20.1 Å². The summed E-state index contributed by atoms with van der Waals surface area (Å²) >= 11 is 0. The summed E-state index contributed by atoms with van der Waals surface area (Å²) in [5.74, 6) is 1.48. The number of hydrogen-bond donors (Lipinski definition) is 2. The first-order valence-electron chi connectivity index (χ1n) is 6.04. The molecule has 0 fully saturated rings. The van der Waals surface area contributed by atoms with E-state index in [1.165, 1.54) is 0 Å². The quantitative estimate of drug-likeness (QED) is 0.832. The summed E-state index contributed by atoms with van der Waals surface area (Å²) in [5, 5.41) is 5.72. The molecule has 18 heavy (non-hydrogen) atoms. The van der Waals surface area contributed by atoms with Gasteiger partial charge in [0.15, 0.2) is 11.5 Å². The Morgan fingerprint density at radius 3 is 2.78 bits per heavy atom. The van der Waals surface area contributed by atoms with E-state index >= 15 is 0 Å². The summed E-state index contributed by atoms with van der Waals surface area (Å²) in [4.78, 5) is 11.5. The van der Waals surface area contributed by atoms with Crippen molar-refractivity contribution in [1.82, 2.24) is 10.6 Å². The fourth-order valence-electron chi connectivity index (χ4n) is 1.87. The lowest BCUT2D eigenvalue weighted by Gasteiger charge is -2.21. The predicted molar refractivity (Wildman–Crippen MR) is 67.9 cm³/mol. The molecular formula is C13H18N2O3. The fourth-order valence-corrected chi connectivity index (χ4v) is 1.87. The molecule has 1 aromatic carbocycles. The molecule has 1 aliphatic heterocycles. The molecule has 5 nitrogen and oxygen atoms in total. The lowest BCUT2D eigenvalue weighted by atomic mass is 10.1. The number of nitrogens with one attached hydrogen (secondary N) is 2. The highest BCUT2D eigenvalue weighted by Gasteiger charge is 2.15. The Hall–Kier alpha value is -1.75. The molecule has 5 heteroatoms. The van der Waals surface area contributed by atoms with Gasteiger partial charge in [0, 0.05) is 0 Å². The van der Waals surface area contributed by atoms with E-state index < -0.39 is 0 Å². The third kappa shape index (κ3) is 2.92. The van der Waals surface area contributed by atoms with Crippen LogP contribution >= 0.6 is 0 Å². The zero-order valence-corrected chi connectivity index (χ0v) is 10.7. The van der Waals surface area contributed by atoms with E-state index in [9.17, 15) is 4.79 Å². The number of amides is 1. The first-order valence-corrected chi connectivity index (χ1v) is 6.04. The molecule has 0 spiro atoms. The monoisotopic (exact) mass is 250 g/mol. The Morgan fingerprint density at radius 2 is 2.06 bits per heavy atom. The Balaban J connectivity index is 2.06. The number of rotatable bonds is 4. The average molecular weight is 250 g/mol. The van der Waals surface area contributed by atoms with Crippen molar-refractivity contribution in [2.45, 2.75) is 13.0 Å². The first kappa shape index (κ1) is 12.7. The molecule has 2 N–H and O–H groups in total. The average Bonchev–Trinajstić information content (AvgIpc) is 2.38. The molecule has 1 heterocycles. The van der Waals surface area contributed by atoms with Gasteiger partial charge in [-0.1, -0.05) is 6.07 Å². The summed E-state index contributed by atoms with van der Waals surface area (Å²) in [5.41, 5.74) is 1.00. The summed E-state index contributed by atoms with van der Waals surface area (Å²) in [6, 6.07) is 5.68. The maximum atomic E-state index is 11.5. The van der Waals surface area contributed by atoms with E-state index in [2.05, 4.69) is 10.6 Å². The standard InChI is InChI=1S/C13H18N2O3/c1-9(15-13(16)8-14-2)10-3-4-11-12(7-10)18-6-5-17-11/h3-4,7,9,14H,5-6,8H2,1-2H3,(H,15,16). The third-order valence-electron chi connectivity index (χ3n) is 2.78. The number of hydrogen-bond acceptors (Lipinski definition) is 4. The molecule has 0 radical (unpaired) electrons. The Morgan fingerprint density at radius 1 is 1.33 bits per heavy atom. The molecule has 1 atom stereocenters. The van der Waals surface area contributed by atoms with Crippen LogP contribution in [0.4, 0.5) is 0 Å². The van der Waals surface area contributed by atoms with Crippen LogP contribution in [0.3, 0.4) is 0 Å². The minimum Gasteiger partial charge on any atom is -0.486 e. The van der Waals surface area contributed by atoms with Crippen molar-refractivity contribution in [3.8, 4) is 11.5 Å². The highest BCUT2D eigenvalue weighted by atomic mass is 16.6. The minimum atomic E-state index is -0.0540. The second-order valence-corrected chi connectivity index (χ2v) is 4.22. The minimum absolute atomic E-state index is 0.0279. The summed E-state index contributed by atoms with van der Waals surface area (Å²) < 4.78 is 11.0. The van der Waals surface area contributed by atoms with Crippen LogP contribution in [0.5, 0.6) is 11.5 Å². The van der Waals surface area contributed by atoms with Gasteiger partial charge >= 0.3 is 0 Å². The lowest BCUT2D eigenvalue weighted by molar-refractivity contribution is -0.120. The van der Waals surface area contributed by atoms with Crippen LogP contribution in [0.15, 0.2) is 18.2 Å². The molecule has 1 unspecified atom stereocenters. The van der Waals surface area contributed by atoms with Crippen molar-refractivity contribution >= 4 is 5.91 Å². The smallest absolute Gasteiger partial charge is 0.234 e. The van der Waals surface area contributed by atoms with Crippen molar-refractivity contribution < 1.29 is 14.3 Å². The van der Waals surface area contributed by atoms with E-state index in [1.807, 2.05) is 25.1 Å². The van der Waals surface area contributed by atoms with Crippen molar-refractivity contribution in [2.24, 2.45) is 0 Å². The zero-order valence-electron chi connectivity index (χ0n) is 10.7. The molecule has 0 saturated carbocycles. The zero-order chi connectivity index (χ0) is 13.0. The molecule has 0 saturated heterocycles. The molecule has 1 aliphatic rings. The van der Waals surface area contributed by atoms with Crippen LogP contribution in [-0.2, 0) is 4.79 Å². The number of fused-ring (bicyclic) bond motifs is 1. The summed E-state index contributed by atoms with van der Waals surface area (Å²) in [6.45, 7) is 3.41. The lowest BCUT2D eigenvalue weighted by Crippen LogP contribution is -2.34. The summed E-state index contributed by atoms with van der Waals surface area (Å²) in [6.07, 6.45) is 0. The number of carbonyl (C=O) groups excluding carboxylic acids is 1. The van der Waals surface area contributed by atoms with Crippen molar-refractivity contribution in [3.63, 3.8) is 0 Å². The van der Waals surface area contributed by atoms with Gasteiger partial charge in [0.05, 0.1) is 12.6 Å². The van der Waals surface area contributed by atoms with Gasteiger partial charge in [0.2, 0.25) is 5.91 Å². The molecular weight excluding hydrogens is 232 g/mol. The predicted octanol–water partition coefficient (Wildman–Crippen LogP) is 0.854. The maximum absolute atomic E-state index is 11.5. The van der Waals surface area contributed by atoms with Gasteiger partial charge in [0.1, 0.15) is 13.2 Å². The topological polar surface area (TPSA) is 59.6 Å². The summed E-state index contributed by atoms with van der Waals surface area (Å²) in [7, 11) is 1.74. The van der Waals surface area contributed by atoms with Crippen LogP contribution in [0.25, 0.3) is 0 Å². The SMILES string of the molecule is CNCC(=O)NC(C)c1ccc2c(c1)OCCO2. The Bertz CT molecular complexity index is 434. The van der Waals surface area contributed by atoms with Gasteiger partial charge < -0.3 is 20.1 Å². The van der Waals surface area contributed by atoms with Crippen LogP contribution in [-0.4, -0.2) is 32.7 Å². The Labute approximate surface area is 106 Å². The third-order valence-corrected chi connectivity index (χ3v) is 2.78. The highest BCUT2D eigenvalue weighted by molar-refractivity contribution is 5.78. The molecule has 0 aliphatic carbocycles. The number of benzene rings is 1. The van der Waals surface area contributed by atoms with E-state index in [0.29, 0.717) is 19.8 Å². The molecule has 1 amide bonds. The Kier molecular flexibility index (Phi) is 4.04. The molecule has 1 aromatic rings. The van der Waals surface area contributed by atoms with Crippen LogP contribution in [0.2, 0.25) is 0 Å². The molecule has 0 aromatic heterocycles. The van der Waals surface area contributed by atoms with Gasteiger partial charge in [-0.2, -0.15) is 0 Å². The van der Waals surface area contributed by atoms with Gasteiger partial charge in [0.25, 0.3) is 0 Å². The van der Waals surface area contributed by atoms with Gasteiger partial charge in [-0.3, -0.25) is 4.79 Å².